The monoisotopic (exact) mass is 230 g/mol. The highest BCUT2D eigenvalue weighted by atomic mass is 35.5. The fraction of sp³-hybridized carbons (Fsp3) is 0.231. The number of benzene rings is 1. The van der Waals surface area contributed by atoms with Crippen LogP contribution in [0.4, 0.5) is 0 Å². The van der Waals surface area contributed by atoms with Crippen molar-refractivity contribution in [1.29, 1.82) is 5.26 Å². The molecule has 0 saturated carbocycles. The quantitative estimate of drug-likeness (QED) is 0.703. The summed E-state index contributed by atoms with van der Waals surface area (Å²) in [6.07, 6.45) is 0.300. The second kappa shape index (κ2) is 4.11. The Balaban J connectivity index is 2.75. The predicted octanol–water partition coefficient (Wildman–Crippen LogP) is 3.57. The fourth-order valence-electron chi connectivity index (χ4n) is 1.88. The van der Waals surface area contributed by atoms with E-state index in [0.29, 0.717) is 11.6 Å². The number of nitrogens with zero attached hydrogens (tertiary/aromatic N) is 2. The van der Waals surface area contributed by atoms with Crippen LogP contribution in [0.15, 0.2) is 18.2 Å². The standard InChI is InChI=1S/C13H11ClN2/c1-8-5-9(2)12-11(6-8)7-10(3-4-15)13(14)16-12/h5-7H,3H2,1-2H3. The molecule has 0 aliphatic carbocycles. The van der Waals surface area contributed by atoms with E-state index in [0.717, 1.165) is 22.0 Å². The topological polar surface area (TPSA) is 36.7 Å². The molecule has 0 atom stereocenters. The molecule has 1 aromatic carbocycles. The maximum Gasteiger partial charge on any atom is 0.134 e. The summed E-state index contributed by atoms with van der Waals surface area (Å²) in [6, 6.07) is 8.19. The van der Waals surface area contributed by atoms with Gasteiger partial charge in [-0.3, -0.25) is 0 Å². The number of rotatable bonds is 1. The van der Waals surface area contributed by atoms with Gasteiger partial charge in [0.25, 0.3) is 0 Å². The van der Waals surface area contributed by atoms with E-state index in [9.17, 15) is 0 Å². The number of aromatic nitrogens is 1. The highest BCUT2D eigenvalue weighted by Gasteiger charge is 2.06. The number of aryl methyl sites for hydroxylation is 2. The average molecular weight is 231 g/mol. The Morgan fingerprint density at radius 1 is 1.31 bits per heavy atom. The number of nitriles is 1. The minimum Gasteiger partial charge on any atom is -0.235 e. The first-order chi connectivity index (χ1) is 7.61. The molecule has 3 heteroatoms. The normalized spacial score (nSPS) is 10.4. The summed E-state index contributed by atoms with van der Waals surface area (Å²) in [4.78, 5) is 4.35. The SMILES string of the molecule is Cc1cc(C)c2nc(Cl)c(CC#N)cc2c1. The summed E-state index contributed by atoms with van der Waals surface area (Å²) in [7, 11) is 0. The third kappa shape index (κ3) is 1.87. The van der Waals surface area contributed by atoms with Crippen LogP contribution < -0.4 is 0 Å². The summed E-state index contributed by atoms with van der Waals surface area (Å²) < 4.78 is 0. The molecule has 0 unspecified atom stereocenters. The van der Waals surface area contributed by atoms with Gasteiger partial charge in [-0.25, -0.2) is 4.98 Å². The second-order valence-corrected chi connectivity index (χ2v) is 4.28. The van der Waals surface area contributed by atoms with Gasteiger partial charge in [0.1, 0.15) is 5.15 Å². The van der Waals surface area contributed by atoms with Gasteiger partial charge in [-0.05, 0) is 31.5 Å². The van der Waals surface area contributed by atoms with Crippen LogP contribution in [-0.2, 0) is 6.42 Å². The third-order valence-electron chi connectivity index (χ3n) is 2.55. The fourth-order valence-corrected chi connectivity index (χ4v) is 2.09. The Bertz CT molecular complexity index is 597. The van der Waals surface area contributed by atoms with E-state index in [1.54, 1.807) is 0 Å². The lowest BCUT2D eigenvalue weighted by Gasteiger charge is -2.06. The van der Waals surface area contributed by atoms with Crippen molar-refractivity contribution in [1.82, 2.24) is 4.98 Å². The molecule has 2 nitrogen and oxygen atoms in total. The van der Waals surface area contributed by atoms with Gasteiger partial charge in [0.05, 0.1) is 18.0 Å². The molecule has 0 bridgehead atoms. The van der Waals surface area contributed by atoms with Crippen molar-refractivity contribution in [3.05, 3.63) is 40.0 Å². The molecule has 0 fully saturated rings. The maximum absolute atomic E-state index is 8.69. The molecule has 0 aliphatic heterocycles. The van der Waals surface area contributed by atoms with E-state index in [4.69, 9.17) is 16.9 Å². The van der Waals surface area contributed by atoms with Crippen LogP contribution in [0.5, 0.6) is 0 Å². The van der Waals surface area contributed by atoms with Crippen LogP contribution in [0.3, 0.4) is 0 Å². The van der Waals surface area contributed by atoms with Gasteiger partial charge < -0.3 is 0 Å². The summed E-state index contributed by atoms with van der Waals surface area (Å²) in [5.74, 6) is 0. The molecule has 1 heterocycles. The van der Waals surface area contributed by atoms with Crippen LogP contribution in [0.1, 0.15) is 16.7 Å². The van der Waals surface area contributed by atoms with E-state index in [1.165, 1.54) is 5.56 Å². The van der Waals surface area contributed by atoms with Crippen molar-refractivity contribution in [2.45, 2.75) is 20.3 Å². The van der Waals surface area contributed by atoms with E-state index >= 15 is 0 Å². The number of hydrogen-bond donors (Lipinski definition) is 0. The van der Waals surface area contributed by atoms with Crippen LogP contribution in [0.2, 0.25) is 5.15 Å². The van der Waals surface area contributed by atoms with Gasteiger partial charge in [-0.15, -0.1) is 0 Å². The lowest BCUT2D eigenvalue weighted by molar-refractivity contribution is 1.21. The summed E-state index contributed by atoms with van der Waals surface area (Å²) in [5.41, 5.74) is 4.01. The Morgan fingerprint density at radius 2 is 2.06 bits per heavy atom. The van der Waals surface area contributed by atoms with Crippen molar-refractivity contribution in [3.63, 3.8) is 0 Å². The lowest BCUT2D eigenvalue weighted by Crippen LogP contribution is -1.92. The van der Waals surface area contributed by atoms with Gasteiger partial charge >= 0.3 is 0 Å². The highest BCUT2D eigenvalue weighted by molar-refractivity contribution is 6.30. The van der Waals surface area contributed by atoms with E-state index in [2.05, 4.69) is 23.2 Å². The molecular weight excluding hydrogens is 220 g/mol. The van der Waals surface area contributed by atoms with Gasteiger partial charge in [0.2, 0.25) is 0 Å². The minimum absolute atomic E-state index is 0.300. The van der Waals surface area contributed by atoms with Crippen molar-refractivity contribution in [3.8, 4) is 6.07 Å². The Labute approximate surface area is 99.5 Å². The summed E-state index contributed by atoms with van der Waals surface area (Å²) >= 11 is 6.03. The molecule has 0 aliphatic rings. The maximum atomic E-state index is 8.69. The molecule has 0 spiro atoms. The highest BCUT2D eigenvalue weighted by Crippen LogP contribution is 2.24. The smallest absolute Gasteiger partial charge is 0.134 e. The van der Waals surface area contributed by atoms with Gasteiger partial charge in [0.15, 0.2) is 0 Å². The minimum atomic E-state index is 0.300. The summed E-state index contributed by atoms with van der Waals surface area (Å²) in [6.45, 7) is 4.06. The zero-order chi connectivity index (χ0) is 11.7. The van der Waals surface area contributed by atoms with E-state index in [1.807, 2.05) is 19.9 Å². The molecule has 16 heavy (non-hydrogen) atoms. The largest absolute Gasteiger partial charge is 0.235 e. The van der Waals surface area contributed by atoms with Crippen molar-refractivity contribution < 1.29 is 0 Å². The lowest BCUT2D eigenvalue weighted by atomic mass is 10.0. The third-order valence-corrected chi connectivity index (χ3v) is 2.88. The first-order valence-electron chi connectivity index (χ1n) is 5.05. The first-order valence-corrected chi connectivity index (χ1v) is 5.43. The van der Waals surface area contributed by atoms with Crippen LogP contribution >= 0.6 is 11.6 Å². The molecule has 1 aromatic heterocycles. The van der Waals surface area contributed by atoms with E-state index < -0.39 is 0 Å². The molecule has 0 amide bonds. The Kier molecular flexibility index (Phi) is 2.80. The Hall–Kier alpha value is -1.59. The number of hydrogen-bond acceptors (Lipinski definition) is 2. The van der Waals surface area contributed by atoms with Gasteiger partial charge in [0, 0.05) is 10.9 Å². The molecule has 80 valence electrons. The molecular formula is C13H11ClN2. The number of pyridine rings is 1. The first kappa shape index (κ1) is 10.9. The van der Waals surface area contributed by atoms with Crippen molar-refractivity contribution in [2.24, 2.45) is 0 Å². The molecule has 0 radical (unpaired) electrons. The molecule has 2 aromatic rings. The van der Waals surface area contributed by atoms with Crippen molar-refractivity contribution in [2.75, 3.05) is 0 Å². The predicted molar refractivity (Wildman–Crippen MR) is 65.5 cm³/mol. The average Bonchev–Trinajstić information content (AvgIpc) is 2.21. The molecule has 0 N–H and O–H groups in total. The number of halogens is 1. The summed E-state index contributed by atoms with van der Waals surface area (Å²) in [5, 5.41) is 10.2. The zero-order valence-electron chi connectivity index (χ0n) is 9.21. The molecule has 2 rings (SSSR count). The Morgan fingerprint density at radius 3 is 2.75 bits per heavy atom. The van der Waals surface area contributed by atoms with Crippen molar-refractivity contribution >= 4 is 22.5 Å². The van der Waals surface area contributed by atoms with Gasteiger partial charge in [-0.1, -0.05) is 23.2 Å². The van der Waals surface area contributed by atoms with Crippen LogP contribution in [0.25, 0.3) is 10.9 Å². The zero-order valence-corrected chi connectivity index (χ0v) is 9.97. The second-order valence-electron chi connectivity index (χ2n) is 3.93. The molecule has 0 saturated heterocycles. The van der Waals surface area contributed by atoms with Crippen LogP contribution in [-0.4, -0.2) is 4.98 Å². The van der Waals surface area contributed by atoms with Crippen LogP contribution in [0, 0.1) is 25.2 Å². The number of fused-ring (bicyclic) bond motifs is 1. The van der Waals surface area contributed by atoms with Gasteiger partial charge in [-0.2, -0.15) is 5.26 Å². The van der Waals surface area contributed by atoms with E-state index in [-0.39, 0.29) is 0 Å².